The highest BCUT2D eigenvalue weighted by molar-refractivity contribution is 5.94. The zero-order chi connectivity index (χ0) is 16.2. The third-order valence-corrected chi connectivity index (χ3v) is 5.05. The molecule has 0 saturated heterocycles. The van der Waals surface area contributed by atoms with Crippen molar-refractivity contribution < 1.29 is 9.47 Å². The summed E-state index contributed by atoms with van der Waals surface area (Å²) < 4.78 is 10.8. The Hall–Kier alpha value is -2.48. The maximum absolute atomic E-state index is 5.42. The van der Waals surface area contributed by atoms with E-state index in [4.69, 9.17) is 9.47 Å². The lowest BCUT2D eigenvalue weighted by molar-refractivity contribution is 0.413. The molecule has 4 rings (SSSR count). The van der Waals surface area contributed by atoms with Crippen molar-refractivity contribution in [1.82, 2.24) is 0 Å². The Bertz CT molecular complexity index is 923. The molecule has 0 bridgehead atoms. The summed E-state index contributed by atoms with van der Waals surface area (Å²) in [6.07, 6.45) is 0. The van der Waals surface area contributed by atoms with Crippen molar-refractivity contribution in [2.24, 2.45) is 0 Å². The molecule has 2 nitrogen and oxygen atoms in total. The Labute approximate surface area is 136 Å². The fourth-order valence-corrected chi connectivity index (χ4v) is 3.69. The van der Waals surface area contributed by atoms with Crippen LogP contribution in [0.2, 0.25) is 0 Å². The Morgan fingerprint density at radius 3 is 2.04 bits per heavy atom. The average Bonchev–Trinajstić information content (AvgIpc) is 2.79. The van der Waals surface area contributed by atoms with Gasteiger partial charge in [-0.25, -0.2) is 0 Å². The molecular weight excluding hydrogens is 284 g/mol. The van der Waals surface area contributed by atoms with E-state index < -0.39 is 0 Å². The monoisotopic (exact) mass is 304 g/mol. The molecule has 0 amide bonds. The number of methoxy groups -OCH3 is 2. The van der Waals surface area contributed by atoms with Crippen LogP contribution in [0.3, 0.4) is 0 Å². The van der Waals surface area contributed by atoms with E-state index in [1.807, 2.05) is 12.1 Å². The van der Waals surface area contributed by atoms with Crippen molar-refractivity contribution in [1.29, 1.82) is 0 Å². The predicted molar refractivity (Wildman–Crippen MR) is 94.6 cm³/mol. The van der Waals surface area contributed by atoms with Crippen molar-refractivity contribution in [3.05, 3.63) is 59.7 Å². The molecule has 3 aromatic rings. The first-order valence-corrected chi connectivity index (χ1v) is 7.86. The van der Waals surface area contributed by atoms with Crippen LogP contribution in [0, 0.1) is 0 Å². The number of hydrogen-bond donors (Lipinski definition) is 0. The third-order valence-electron chi connectivity index (χ3n) is 5.05. The Balaban J connectivity index is 2.01. The van der Waals surface area contributed by atoms with Gasteiger partial charge in [0, 0.05) is 5.41 Å². The highest BCUT2D eigenvalue weighted by Gasteiger charge is 2.35. The first-order valence-electron chi connectivity index (χ1n) is 7.86. The number of benzene rings is 3. The van der Waals surface area contributed by atoms with Gasteiger partial charge in [0.2, 0.25) is 0 Å². The van der Waals surface area contributed by atoms with Gasteiger partial charge in [-0.1, -0.05) is 26.0 Å². The topological polar surface area (TPSA) is 18.5 Å². The minimum Gasteiger partial charge on any atom is -0.497 e. The van der Waals surface area contributed by atoms with Crippen molar-refractivity contribution in [2.45, 2.75) is 19.3 Å². The van der Waals surface area contributed by atoms with E-state index in [1.165, 1.54) is 33.0 Å². The van der Waals surface area contributed by atoms with Gasteiger partial charge in [0.1, 0.15) is 11.5 Å². The van der Waals surface area contributed by atoms with Crippen LogP contribution in [0.4, 0.5) is 0 Å². The molecule has 1 aliphatic carbocycles. The zero-order valence-corrected chi connectivity index (χ0v) is 13.9. The molecule has 0 spiro atoms. The SMILES string of the molecule is COc1ccc2c(c1)C(C)(C)c1cc3cc(OC)ccc3cc1-2. The van der Waals surface area contributed by atoms with E-state index in [2.05, 4.69) is 50.2 Å². The molecule has 0 heterocycles. The van der Waals surface area contributed by atoms with Crippen LogP contribution >= 0.6 is 0 Å². The van der Waals surface area contributed by atoms with Crippen LogP contribution in [0.25, 0.3) is 21.9 Å². The minimum atomic E-state index is -0.0313. The second-order valence-electron chi connectivity index (χ2n) is 6.65. The van der Waals surface area contributed by atoms with Gasteiger partial charge in [-0.05, 0) is 69.4 Å². The quantitative estimate of drug-likeness (QED) is 0.651. The lowest BCUT2D eigenvalue weighted by atomic mass is 9.82. The van der Waals surface area contributed by atoms with Crippen LogP contribution in [-0.2, 0) is 5.41 Å². The number of fused-ring (bicyclic) bond motifs is 4. The van der Waals surface area contributed by atoms with E-state index in [1.54, 1.807) is 14.2 Å². The minimum absolute atomic E-state index is 0.0313. The zero-order valence-electron chi connectivity index (χ0n) is 13.9. The van der Waals surface area contributed by atoms with Crippen LogP contribution in [0.1, 0.15) is 25.0 Å². The van der Waals surface area contributed by atoms with Crippen molar-refractivity contribution in [3.8, 4) is 22.6 Å². The first kappa shape index (κ1) is 14.1. The van der Waals surface area contributed by atoms with Crippen molar-refractivity contribution >= 4 is 10.8 Å². The number of ether oxygens (including phenoxy) is 2. The van der Waals surface area contributed by atoms with Gasteiger partial charge in [0.15, 0.2) is 0 Å². The molecule has 3 aromatic carbocycles. The van der Waals surface area contributed by atoms with Crippen LogP contribution in [0.5, 0.6) is 11.5 Å². The normalized spacial score (nSPS) is 14.4. The van der Waals surface area contributed by atoms with Gasteiger partial charge >= 0.3 is 0 Å². The standard InChI is InChI=1S/C21H20O2/c1-21(2)19-11-14-9-15(22-3)6-5-13(14)10-18(19)17-8-7-16(23-4)12-20(17)21/h5-12H,1-4H3. The summed E-state index contributed by atoms with van der Waals surface area (Å²) in [4.78, 5) is 0. The summed E-state index contributed by atoms with van der Waals surface area (Å²) in [5.74, 6) is 1.81. The van der Waals surface area contributed by atoms with E-state index in [9.17, 15) is 0 Å². The fraction of sp³-hybridized carbons (Fsp3) is 0.238. The van der Waals surface area contributed by atoms with Crippen LogP contribution < -0.4 is 9.47 Å². The summed E-state index contributed by atoms with van der Waals surface area (Å²) >= 11 is 0. The molecule has 116 valence electrons. The predicted octanol–water partition coefficient (Wildman–Crippen LogP) is 5.16. The third kappa shape index (κ3) is 1.94. The van der Waals surface area contributed by atoms with E-state index in [-0.39, 0.29) is 5.41 Å². The van der Waals surface area contributed by atoms with E-state index in [0.29, 0.717) is 0 Å². The Morgan fingerprint density at radius 1 is 0.652 bits per heavy atom. The molecule has 0 fully saturated rings. The van der Waals surface area contributed by atoms with Crippen LogP contribution in [-0.4, -0.2) is 14.2 Å². The van der Waals surface area contributed by atoms with Gasteiger partial charge in [-0.3, -0.25) is 0 Å². The molecule has 1 aliphatic rings. The smallest absolute Gasteiger partial charge is 0.119 e. The molecule has 23 heavy (non-hydrogen) atoms. The van der Waals surface area contributed by atoms with E-state index in [0.717, 1.165) is 11.5 Å². The lowest BCUT2D eigenvalue weighted by Gasteiger charge is -2.22. The number of rotatable bonds is 2. The van der Waals surface area contributed by atoms with Gasteiger partial charge in [0.05, 0.1) is 14.2 Å². The Morgan fingerprint density at radius 2 is 1.30 bits per heavy atom. The molecule has 0 unspecified atom stereocenters. The van der Waals surface area contributed by atoms with Crippen molar-refractivity contribution in [3.63, 3.8) is 0 Å². The Kier molecular flexibility index (Phi) is 2.92. The van der Waals surface area contributed by atoms with Gasteiger partial charge < -0.3 is 9.47 Å². The second-order valence-corrected chi connectivity index (χ2v) is 6.65. The maximum Gasteiger partial charge on any atom is 0.119 e. The number of hydrogen-bond acceptors (Lipinski definition) is 2. The lowest BCUT2D eigenvalue weighted by Crippen LogP contribution is -2.15. The fourth-order valence-electron chi connectivity index (χ4n) is 3.69. The molecular formula is C21H20O2. The first-order chi connectivity index (χ1) is 11.0. The summed E-state index contributed by atoms with van der Waals surface area (Å²) in [6, 6.07) is 17.2. The summed E-state index contributed by atoms with van der Waals surface area (Å²) in [6.45, 7) is 4.56. The highest BCUT2D eigenvalue weighted by atomic mass is 16.5. The highest BCUT2D eigenvalue weighted by Crippen LogP contribution is 2.50. The van der Waals surface area contributed by atoms with Crippen LogP contribution in [0.15, 0.2) is 48.5 Å². The summed E-state index contributed by atoms with van der Waals surface area (Å²) in [7, 11) is 3.43. The molecule has 2 heteroatoms. The largest absolute Gasteiger partial charge is 0.497 e. The van der Waals surface area contributed by atoms with Gasteiger partial charge in [-0.2, -0.15) is 0 Å². The van der Waals surface area contributed by atoms with Gasteiger partial charge in [0.25, 0.3) is 0 Å². The van der Waals surface area contributed by atoms with Crippen molar-refractivity contribution in [2.75, 3.05) is 14.2 Å². The van der Waals surface area contributed by atoms with E-state index >= 15 is 0 Å². The second kappa shape index (κ2) is 4.76. The molecule has 0 radical (unpaired) electrons. The molecule has 0 saturated carbocycles. The molecule has 0 N–H and O–H groups in total. The maximum atomic E-state index is 5.42. The molecule has 0 atom stereocenters. The summed E-state index contributed by atoms with van der Waals surface area (Å²) in [5.41, 5.74) is 5.29. The molecule has 0 aromatic heterocycles. The molecule has 0 aliphatic heterocycles. The summed E-state index contributed by atoms with van der Waals surface area (Å²) in [5, 5.41) is 2.46. The average molecular weight is 304 g/mol. The van der Waals surface area contributed by atoms with Gasteiger partial charge in [-0.15, -0.1) is 0 Å².